The summed E-state index contributed by atoms with van der Waals surface area (Å²) in [6, 6.07) is 9.08. The summed E-state index contributed by atoms with van der Waals surface area (Å²) in [5, 5.41) is 17.8. The summed E-state index contributed by atoms with van der Waals surface area (Å²) in [5.41, 5.74) is 0.911. The van der Waals surface area contributed by atoms with Crippen LogP contribution in [0.25, 0.3) is 11.4 Å². The summed E-state index contributed by atoms with van der Waals surface area (Å²) in [4.78, 5) is 11.5. The lowest BCUT2D eigenvalue weighted by Gasteiger charge is -2.15. The van der Waals surface area contributed by atoms with Crippen molar-refractivity contribution in [3.63, 3.8) is 0 Å². The number of aromatic nitrogens is 3. The number of carboxylic acid groups (broad SMARTS) is 1. The van der Waals surface area contributed by atoms with E-state index in [4.69, 9.17) is 0 Å². The number of aliphatic carboxylic acids is 1. The minimum Gasteiger partial charge on any atom is -0.480 e. The second-order valence-electron chi connectivity index (χ2n) is 4.78. The van der Waals surface area contributed by atoms with Crippen molar-refractivity contribution in [3.05, 3.63) is 36.2 Å². The van der Waals surface area contributed by atoms with Gasteiger partial charge in [0.25, 0.3) is 0 Å². The molecular formula is C14H15N3O2. The summed E-state index contributed by atoms with van der Waals surface area (Å²) in [6.45, 7) is 0. The van der Waals surface area contributed by atoms with E-state index in [2.05, 4.69) is 10.2 Å². The van der Waals surface area contributed by atoms with Crippen LogP contribution in [-0.2, 0) is 11.2 Å². The number of carbonyl (C=O) groups is 1. The van der Waals surface area contributed by atoms with Crippen LogP contribution in [-0.4, -0.2) is 25.8 Å². The third-order valence-electron chi connectivity index (χ3n) is 3.52. The van der Waals surface area contributed by atoms with Gasteiger partial charge in [0.2, 0.25) is 0 Å². The molecule has 0 bridgehead atoms. The van der Waals surface area contributed by atoms with Crippen LogP contribution in [0.4, 0.5) is 0 Å². The fraction of sp³-hybridized carbons (Fsp3) is 0.357. The predicted molar refractivity (Wildman–Crippen MR) is 69.7 cm³/mol. The van der Waals surface area contributed by atoms with Crippen LogP contribution in [0.5, 0.6) is 0 Å². The first-order valence-electron chi connectivity index (χ1n) is 6.49. The highest BCUT2D eigenvalue weighted by molar-refractivity contribution is 5.73. The van der Waals surface area contributed by atoms with E-state index in [0.717, 1.165) is 30.7 Å². The number of carboxylic acids is 1. The second-order valence-corrected chi connectivity index (χ2v) is 4.78. The lowest BCUT2D eigenvalue weighted by molar-refractivity contribution is -0.141. The maximum Gasteiger partial charge on any atom is 0.326 e. The number of nitrogens with zero attached hydrogens (tertiary/aromatic N) is 3. The summed E-state index contributed by atoms with van der Waals surface area (Å²) < 4.78 is 1.80. The summed E-state index contributed by atoms with van der Waals surface area (Å²) >= 11 is 0. The zero-order chi connectivity index (χ0) is 13.2. The highest BCUT2D eigenvalue weighted by Gasteiger charge is 2.28. The highest BCUT2D eigenvalue weighted by Crippen LogP contribution is 2.29. The van der Waals surface area contributed by atoms with Gasteiger partial charge in [0.05, 0.1) is 0 Å². The molecule has 0 saturated carbocycles. The smallest absolute Gasteiger partial charge is 0.326 e. The first-order valence-corrected chi connectivity index (χ1v) is 6.49. The monoisotopic (exact) mass is 257 g/mol. The summed E-state index contributed by atoms with van der Waals surface area (Å²) in [5.74, 6) is 0.633. The maximum absolute atomic E-state index is 11.5. The molecule has 1 aliphatic rings. The lowest BCUT2D eigenvalue weighted by atomic mass is 10.1. The van der Waals surface area contributed by atoms with Gasteiger partial charge >= 0.3 is 5.97 Å². The van der Waals surface area contributed by atoms with Crippen LogP contribution in [0.15, 0.2) is 30.3 Å². The molecule has 5 nitrogen and oxygen atoms in total. The van der Waals surface area contributed by atoms with Gasteiger partial charge in [-0.3, -0.25) is 4.57 Å². The Morgan fingerprint density at radius 1 is 1.21 bits per heavy atom. The average Bonchev–Trinajstić information content (AvgIpc) is 2.72. The molecule has 3 rings (SSSR count). The van der Waals surface area contributed by atoms with Gasteiger partial charge in [0.15, 0.2) is 5.82 Å². The summed E-state index contributed by atoms with van der Waals surface area (Å²) in [6.07, 6.45) is 3.31. The minimum atomic E-state index is -0.805. The number of fused-ring (bicyclic) bond motifs is 1. The Labute approximate surface area is 110 Å². The normalized spacial score (nSPS) is 18.6. The van der Waals surface area contributed by atoms with E-state index in [0.29, 0.717) is 12.2 Å². The molecule has 0 amide bonds. The Hall–Kier alpha value is -2.17. The fourth-order valence-electron chi connectivity index (χ4n) is 2.59. The first-order chi connectivity index (χ1) is 9.27. The van der Waals surface area contributed by atoms with Crippen molar-refractivity contribution in [1.82, 2.24) is 14.8 Å². The molecule has 1 aromatic heterocycles. The van der Waals surface area contributed by atoms with Crippen LogP contribution >= 0.6 is 0 Å². The first kappa shape index (κ1) is 11.9. The van der Waals surface area contributed by atoms with Gasteiger partial charge < -0.3 is 5.11 Å². The number of benzene rings is 1. The van der Waals surface area contributed by atoms with Crippen molar-refractivity contribution in [2.75, 3.05) is 0 Å². The molecule has 0 aliphatic carbocycles. The van der Waals surface area contributed by atoms with Gasteiger partial charge in [-0.1, -0.05) is 36.8 Å². The molecule has 0 spiro atoms. The Morgan fingerprint density at radius 3 is 2.74 bits per heavy atom. The van der Waals surface area contributed by atoms with Crippen molar-refractivity contribution in [2.24, 2.45) is 0 Å². The maximum atomic E-state index is 11.5. The molecule has 0 fully saturated rings. The van der Waals surface area contributed by atoms with Gasteiger partial charge in [0.1, 0.15) is 11.9 Å². The lowest BCUT2D eigenvalue weighted by Crippen LogP contribution is -2.20. The molecule has 98 valence electrons. The molecule has 1 atom stereocenters. The third-order valence-corrected chi connectivity index (χ3v) is 3.52. The number of aryl methyl sites for hydroxylation is 1. The molecular weight excluding hydrogens is 242 g/mol. The SMILES string of the molecule is O=C(O)[C@@H]1CCCCc2nnc(-c3ccccc3)n21. The van der Waals surface area contributed by atoms with Gasteiger partial charge in [-0.15, -0.1) is 10.2 Å². The fourth-order valence-corrected chi connectivity index (χ4v) is 2.59. The Kier molecular flexibility index (Phi) is 3.03. The third kappa shape index (κ3) is 2.12. The molecule has 0 radical (unpaired) electrons. The van der Waals surface area contributed by atoms with Crippen molar-refractivity contribution in [1.29, 1.82) is 0 Å². The Morgan fingerprint density at radius 2 is 2.00 bits per heavy atom. The van der Waals surface area contributed by atoms with Crippen molar-refractivity contribution in [2.45, 2.75) is 31.7 Å². The standard InChI is InChI=1S/C14H15N3O2/c18-14(19)11-8-4-5-9-12-15-16-13(17(11)12)10-6-2-1-3-7-10/h1-3,6-7,11H,4-5,8-9H2,(H,18,19)/t11-/m0/s1. The van der Waals surface area contributed by atoms with Crippen molar-refractivity contribution >= 4 is 5.97 Å². The van der Waals surface area contributed by atoms with Gasteiger partial charge in [-0.2, -0.15) is 0 Å². The van der Waals surface area contributed by atoms with E-state index >= 15 is 0 Å². The van der Waals surface area contributed by atoms with Gasteiger partial charge in [-0.05, 0) is 12.8 Å². The summed E-state index contributed by atoms with van der Waals surface area (Å²) in [7, 11) is 0. The quantitative estimate of drug-likeness (QED) is 0.896. The van der Waals surface area contributed by atoms with E-state index in [9.17, 15) is 9.90 Å². The van der Waals surface area contributed by atoms with Crippen LogP contribution in [0, 0.1) is 0 Å². The number of rotatable bonds is 2. The van der Waals surface area contributed by atoms with Crippen LogP contribution in [0.2, 0.25) is 0 Å². The van der Waals surface area contributed by atoms with Gasteiger partial charge in [0, 0.05) is 12.0 Å². The molecule has 19 heavy (non-hydrogen) atoms. The average molecular weight is 257 g/mol. The van der Waals surface area contributed by atoms with Crippen LogP contribution in [0.3, 0.4) is 0 Å². The minimum absolute atomic E-state index is 0.553. The van der Waals surface area contributed by atoms with E-state index in [1.54, 1.807) is 4.57 Å². The van der Waals surface area contributed by atoms with E-state index in [-0.39, 0.29) is 0 Å². The Bertz CT molecular complexity index is 592. The molecule has 1 aliphatic heterocycles. The topological polar surface area (TPSA) is 68.0 Å². The second kappa shape index (κ2) is 4.84. The number of hydrogen-bond donors (Lipinski definition) is 1. The van der Waals surface area contributed by atoms with E-state index in [1.165, 1.54) is 0 Å². The van der Waals surface area contributed by atoms with Crippen LogP contribution < -0.4 is 0 Å². The molecule has 5 heteroatoms. The van der Waals surface area contributed by atoms with E-state index in [1.807, 2.05) is 30.3 Å². The molecule has 2 heterocycles. The largest absolute Gasteiger partial charge is 0.480 e. The van der Waals surface area contributed by atoms with Crippen LogP contribution in [0.1, 0.15) is 31.1 Å². The number of hydrogen-bond acceptors (Lipinski definition) is 3. The van der Waals surface area contributed by atoms with Gasteiger partial charge in [-0.25, -0.2) is 4.79 Å². The van der Waals surface area contributed by atoms with E-state index < -0.39 is 12.0 Å². The highest BCUT2D eigenvalue weighted by atomic mass is 16.4. The van der Waals surface area contributed by atoms with Crippen molar-refractivity contribution < 1.29 is 9.90 Å². The van der Waals surface area contributed by atoms with Crippen molar-refractivity contribution in [3.8, 4) is 11.4 Å². The molecule has 0 unspecified atom stereocenters. The zero-order valence-corrected chi connectivity index (χ0v) is 10.5. The molecule has 0 saturated heterocycles. The molecule has 2 aromatic rings. The zero-order valence-electron chi connectivity index (χ0n) is 10.5. The molecule has 1 aromatic carbocycles. The Balaban J connectivity index is 2.13. The molecule has 1 N–H and O–H groups in total. The predicted octanol–water partition coefficient (Wildman–Crippen LogP) is 2.30.